The van der Waals surface area contributed by atoms with Crippen LogP contribution in [0.15, 0.2) is 12.3 Å². The topological polar surface area (TPSA) is 44.0 Å². The monoisotopic (exact) mass is 222 g/mol. The number of rotatable bonds is 4. The summed E-state index contributed by atoms with van der Waals surface area (Å²) in [7, 11) is 0. The smallest absolute Gasteiger partial charge is 0.0518 e. The lowest BCUT2D eigenvalue weighted by atomic mass is 10.0. The average molecular weight is 222 g/mol. The molecule has 1 saturated heterocycles. The minimum absolute atomic E-state index is 0.376. The summed E-state index contributed by atoms with van der Waals surface area (Å²) in [6.07, 6.45) is 4.33. The number of nitrogens with zero attached hydrogens (tertiary/aromatic N) is 2. The maximum absolute atomic E-state index is 3.99. The fourth-order valence-corrected chi connectivity index (χ4v) is 2.37. The van der Waals surface area contributed by atoms with Crippen molar-refractivity contribution in [2.45, 2.75) is 38.8 Å². The molecule has 0 aliphatic carbocycles. The molecule has 2 N–H and O–H groups in total. The second-order valence-electron chi connectivity index (χ2n) is 4.61. The summed E-state index contributed by atoms with van der Waals surface area (Å²) >= 11 is 0. The molecule has 0 amide bonds. The Labute approximate surface area is 97.4 Å². The maximum Gasteiger partial charge on any atom is 0.0518 e. The second kappa shape index (κ2) is 5.46. The normalized spacial score (nSPS) is 21.1. The number of likely N-dealkylation sites (tertiary alicyclic amines) is 1. The Hall–Kier alpha value is -0.870. The Morgan fingerprint density at radius 1 is 1.56 bits per heavy atom. The lowest BCUT2D eigenvalue weighted by molar-refractivity contribution is 0.200. The van der Waals surface area contributed by atoms with Crippen molar-refractivity contribution in [3.8, 4) is 0 Å². The van der Waals surface area contributed by atoms with Crippen molar-refractivity contribution in [2.75, 3.05) is 19.6 Å². The van der Waals surface area contributed by atoms with Crippen LogP contribution in [0.1, 0.15) is 38.4 Å². The van der Waals surface area contributed by atoms with Gasteiger partial charge in [-0.05, 0) is 45.5 Å². The highest BCUT2D eigenvalue weighted by atomic mass is 15.2. The largest absolute Gasteiger partial charge is 0.306 e. The van der Waals surface area contributed by atoms with Gasteiger partial charge < -0.3 is 10.2 Å². The lowest BCUT2D eigenvalue weighted by Crippen LogP contribution is -2.43. The molecule has 0 bridgehead atoms. The average Bonchev–Trinajstić information content (AvgIpc) is 2.83. The lowest BCUT2D eigenvalue weighted by Gasteiger charge is -2.33. The molecule has 1 aromatic rings. The molecular formula is C12H22N4. The van der Waals surface area contributed by atoms with Crippen molar-refractivity contribution in [3.05, 3.63) is 18.0 Å². The first-order valence-electron chi connectivity index (χ1n) is 6.27. The van der Waals surface area contributed by atoms with Gasteiger partial charge in [-0.15, -0.1) is 0 Å². The van der Waals surface area contributed by atoms with E-state index in [1.165, 1.54) is 38.2 Å². The molecule has 1 aromatic heterocycles. The van der Waals surface area contributed by atoms with Crippen molar-refractivity contribution in [3.63, 3.8) is 0 Å². The number of H-pyrrole nitrogens is 1. The van der Waals surface area contributed by atoms with Crippen molar-refractivity contribution >= 4 is 0 Å². The molecule has 0 saturated carbocycles. The predicted octanol–water partition coefficient (Wildman–Crippen LogP) is 1.54. The number of aromatic amines is 1. The molecule has 1 aliphatic heterocycles. The summed E-state index contributed by atoms with van der Waals surface area (Å²) < 4.78 is 0. The van der Waals surface area contributed by atoms with E-state index >= 15 is 0 Å². The van der Waals surface area contributed by atoms with Crippen LogP contribution in [0.5, 0.6) is 0 Å². The first-order chi connectivity index (χ1) is 7.79. The van der Waals surface area contributed by atoms with Crippen LogP contribution < -0.4 is 5.32 Å². The maximum atomic E-state index is 3.99. The van der Waals surface area contributed by atoms with Crippen molar-refractivity contribution in [2.24, 2.45) is 0 Å². The van der Waals surface area contributed by atoms with Gasteiger partial charge in [0, 0.05) is 18.3 Å². The molecule has 16 heavy (non-hydrogen) atoms. The third-order valence-corrected chi connectivity index (χ3v) is 3.51. The van der Waals surface area contributed by atoms with Gasteiger partial charge in [0.2, 0.25) is 0 Å². The van der Waals surface area contributed by atoms with Crippen LogP contribution in [0.2, 0.25) is 0 Å². The molecule has 2 heterocycles. The summed E-state index contributed by atoms with van der Waals surface area (Å²) in [6.45, 7) is 8.07. The van der Waals surface area contributed by atoms with Crippen molar-refractivity contribution in [1.29, 1.82) is 0 Å². The highest BCUT2D eigenvalue weighted by Gasteiger charge is 2.19. The fourth-order valence-electron chi connectivity index (χ4n) is 2.37. The molecule has 1 atom stereocenters. The van der Waals surface area contributed by atoms with Gasteiger partial charge in [0.1, 0.15) is 0 Å². The molecule has 4 heteroatoms. The van der Waals surface area contributed by atoms with E-state index in [4.69, 9.17) is 0 Å². The highest BCUT2D eigenvalue weighted by Crippen LogP contribution is 2.15. The molecule has 1 unspecified atom stereocenters. The van der Waals surface area contributed by atoms with Gasteiger partial charge in [0.25, 0.3) is 0 Å². The first kappa shape index (κ1) is 11.6. The quantitative estimate of drug-likeness (QED) is 0.812. The van der Waals surface area contributed by atoms with Crippen molar-refractivity contribution in [1.82, 2.24) is 20.4 Å². The van der Waals surface area contributed by atoms with Crippen LogP contribution >= 0.6 is 0 Å². The number of aromatic nitrogens is 2. The Morgan fingerprint density at radius 2 is 2.31 bits per heavy atom. The zero-order valence-electron chi connectivity index (χ0n) is 10.2. The summed E-state index contributed by atoms with van der Waals surface area (Å²) in [5.41, 5.74) is 1.18. The van der Waals surface area contributed by atoms with Crippen LogP contribution in [-0.4, -0.2) is 40.8 Å². The SMILES string of the molecule is CCN1CCC(NC(C)c2ccn[nH]2)CC1. The molecule has 4 nitrogen and oxygen atoms in total. The predicted molar refractivity (Wildman–Crippen MR) is 65.3 cm³/mol. The standard InChI is InChI=1S/C12H22N4/c1-3-16-8-5-11(6-9-16)14-10(2)12-4-7-13-15-12/h4,7,10-11,14H,3,5-6,8-9H2,1-2H3,(H,13,15). The van der Waals surface area contributed by atoms with E-state index in [2.05, 4.69) is 34.3 Å². The Morgan fingerprint density at radius 3 is 2.88 bits per heavy atom. The van der Waals surface area contributed by atoms with Gasteiger partial charge >= 0.3 is 0 Å². The summed E-state index contributed by atoms with van der Waals surface area (Å²) in [5.74, 6) is 0. The number of hydrogen-bond acceptors (Lipinski definition) is 3. The Kier molecular flexibility index (Phi) is 3.96. The number of nitrogens with one attached hydrogen (secondary N) is 2. The molecule has 0 spiro atoms. The summed E-state index contributed by atoms with van der Waals surface area (Å²) in [5, 5.41) is 10.7. The first-order valence-corrected chi connectivity index (χ1v) is 6.27. The molecule has 90 valence electrons. The third-order valence-electron chi connectivity index (χ3n) is 3.51. The second-order valence-corrected chi connectivity index (χ2v) is 4.61. The molecule has 0 aromatic carbocycles. The van der Waals surface area contributed by atoms with E-state index in [1.807, 2.05) is 12.3 Å². The van der Waals surface area contributed by atoms with Gasteiger partial charge in [-0.1, -0.05) is 6.92 Å². The van der Waals surface area contributed by atoms with Crippen molar-refractivity contribution < 1.29 is 0 Å². The zero-order valence-corrected chi connectivity index (χ0v) is 10.2. The van der Waals surface area contributed by atoms with E-state index in [-0.39, 0.29) is 0 Å². The molecule has 1 aliphatic rings. The van der Waals surface area contributed by atoms with Gasteiger partial charge in [-0.2, -0.15) is 5.10 Å². The minimum Gasteiger partial charge on any atom is -0.306 e. The van der Waals surface area contributed by atoms with Crippen LogP contribution in [0.4, 0.5) is 0 Å². The van der Waals surface area contributed by atoms with E-state index in [1.54, 1.807) is 0 Å². The van der Waals surface area contributed by atoms with Gasteiger partial charge in [0.15, 0.2) is 0 Å². The molecule has 0 radical (unpaired) electrons. The molecular weight excluding hydrogens is 200 g/mol. The minimum atomic E-state index is 0.376. The van der Waals surface area contributed by atoms with E-state index in [0.29, 0.717) is 12.1 Å². The van der Waals surface area contributed by atoms with E-state index in [0.717, 1.165) is 0 Å². The summed E-state index contributed by atoms with van der Waals surface area (Å²) in [6, 6.07) is 3.07. The summed E-state index contributed by atoms with van der Waals surface area (Å²) in [4.78, 5) is 2.51. The number of hydrogen-bond donors (Lipinski definition) is 2. The fraction of sp³-hybridized carbons (Fsp3) is 0.750. The van der Waals surface area contributed by atoms with Crippen LogP contribution in [0.3, 0.4) is 0 Å². The van der Waals surface area contributed by atoms with Gasteiger partial charge in [-0.3, -0.25) is 5.10 Å². The Balaban J connectivity index is 1.78. The van der Waals surface area contributed by atoms with E-state index < -0.39 is 0 Å². The van der Waals surface area contributed by atoms with Crippen LogP contribution in [-0.2, 0) is 0 Å². The highest BCUT2D eigenvalue weighted by molar-refractivity contribution is 5.03. The molecule has 1 fully saturated rings. The van der Waals surface area contributed by atoms with Gasteiger partial charge in [0.05, 0.1) is 5.69 Å². The Bertz CT molecular complexity index is 288. The molecule has 2 rings (SSSR count). The third kappa shape index (κ3) is 2.83. The zero-order chi connectivity index (χ0) is 11.4. The van der Waals surface area contributed by atoms with E-state index in [9.17, 15) is 0 Å². The van der Waals surface area contributed by atoms with Gasteiger partial charge in [-0.25, -0.2) is 0 Å². The van der Waals surface area contributed by atoms with Crippen LogP contribution in [0.25, 0.3) is 0 Å². The van der Waals surface area contributed by atoms with Crippen LogP contribution in [0, 0.1) is 0 Å². The number of piperidine rings is 1.